The van der Waals surface area contributed by atoms with E-state index in [0.717, 1.165) is 13.2 Å². The average molecular weight is 221 g/mol. The van der Waals surface area contributed by atoms with Gasteiger partial charge >= 0.3 is 0 Å². The van der Waals surface area contributed by atoms with Crippen molar-refractivity contribution in [2.24, 2.45) is 5.92 Å². The molecule has 1 N–H and O–H groups in total. The number of aryl methyl sites for hydroxylation is 1. The summed E-state index contributed by atoms with van der Waals surface area (Å²) in [6.07, 6.45) is 0. The van der Waals surface area contributed by atoms with Crippen LogP contribution in [0.25, 0.3) is 0 Å². The Labute approximate surface area is 99.0 Å². The first-order valence-electron chi connectivity index (χ1n) is 5.89. The fourth-order valence-corrected chi connectivity index (χ4v) is 2.06. The molecule has 1 aromatic rings. The molecule has 2 unspecified atom stereocenters. The standard InChI is InChI=1S/C14H23NO/c1-11-5-7-13(8-6-11)14(9-15-3)12(2)10-16-4/h5-8,12,14-15H,9-10H2,1-4H3. The summed E-state index contributed by atoms with van der Waals surface area (Å²) < 4.78 is 5.25. The lowest BCUT2D eigenvalue weighted by Crippen LogP contribution is -2.25. The van der Waals surface area contributed by atoms with Crippen LogP contribution < -0.4 is 5.32 Å². The molecule has 0 aliphatic carbocycles. The van der Waals surface area contributed by atoms with Gasteiger partial charge in [0, 0.05) is 26.2 Å². The van der Waals surface area contributed by atoms with Gasteiger partial charge in [0.1, 0.15) is 0 Å². The third-order valence-electron chi connectivity index (χ3n) is 3.05. The number of hydrogen-bond donors (Lipinski definition) is 1. The van der Waals surface area contributed by atoms with Crippen LogP contribution in [0.5, 0.6) is 0 Å². The largest absolute Gasteiger partial charge is 0.384 e. The lowest BCUT2D eigenvalue weighted by Gasteiger charge is -2.23. The van der Waals surface area contributed by atoms with E-state index in [1.54, 1.807) is 7.11 Å². The molecule has 0 radical (unpaired) electrons. The molecule has 0 spiro atoms. The summed E-state index contributed by atoms with van der Waals surface area (Å²) in [5.74, 6) is 1.05. The molecule has 0 fully saturated rings. The first kappa shape index (κ1) is 13.2. The van der Waals surface area contributed by atoms with Gasteiger partial charge in [-0.3, -0.25) is 0 Å². The van der Waals surface area contributed by atoms with E-state index in [1.807, 2.05) is 7.05 Å². The number of rotatable bonds is 6. The number of hydrogen-bond acceptors (Lipinski definition) is 2. The first-order chi connectivity index (χ1) is 7.69. The Morgan fingerprint density at radius 3 is 2.38 bits per heavy atom. The van der Waals surface area contributed by atoms with Gasteiger partial charge in [0.2, 0.25) is 0 Å². The number of likely N-dealkylation sites (N-methyl/N-ethyl adjacent to an activating group) is 1. The minimum atomic E-state index is 0.519. The van der Waals surface area contributed by atoms with Crippen molar-refractivity contribution in [1.29, 1.82) is 0 Å². The maximum atomic E-state index is 5.25. The van der Waals surface area contributed by atoms with Crippen LogP contribution in [0.4, 0.5) is 0 Å². The Hall–Kier alpha value is -0.860. The highest BCUT2D eigenvalue weighted by Crippen LogP contribution is 2.24. The van der Waals surface area contributed by atoms with Crippen LogP contribution in [0.3, 0.4) is 0 Å². The van der Waals surface area contributed by atoms with Crippen molar-refractivity contribution in [3.8, 4) is 0 Å². The van der Waals surface area contributed by atoms with Gasteiger partial charge in [0.25, 0.3) is 0 Å². The number of methoxy groups -OCH3 is 1. The summed E-state index contributed by atoms with van der Waals surface area (Å²) in [6, 6.07) is 8.81. The van der Waals surface area contributed by atoms with Crippen molar-refractivity contribution in [3.05, 3.63) is 35.4 Å². The highest BCUT2D eigenvalue weighted by Gasteiger charge is 2.18. The quantitative estimate of drug-likeness (QED) is 0.797. The van der Waals surface area contributed by atoms with Gasteiger partial charge in [0.05, 0.1) is 0 Å². The molecule has 2 atom stereocenters. The Morgan fingerprint density at radius 2 is 1.88 bits per heavy atom. The monoisotopic (exact) mass is 221 g/mol. The topological polar surface area (TPSA) is 21.3 Å². The fraction of sp³-hybridized carbons (Fsp3) is 0.571. The summed E-state index contributed by atoms with van der Waals surface area (Å²) in [5, 5.41) is 3.26. The minimum Gasteiger partial charge on any atom is -0.384 e. The van der Waals surface area contributed by atoms with Gasteiger partial charge in [-0.05, 0) is 25.5 Å². The highest BCUT2D eigenvalue weighted by molar-refractivity contribution is 5.25. The van der Waals surface area contributed by atoms with E-state index in [9.17, 15) is 0 Å². The first-order valence-corrected chi connectivity index (χ1v) is 5.89. The van der Waals surface area contributed by atoms with Crippen LogP contribution in [0, 0.1) is 12.8 Å². The van der Waals surface area contributed by atoms with E-state index in [-0.39, 0.29) is 0 Å². The van der Waals surface area contributed by atoms with Crippen molar-refractivity contribution < 1.29 is 4.74 Å². The van der Waals surface area contributed by atoms with Gasteiger partial charge in [-0.2, -0.15) is 0 Å². The molecule has 0 saturated heterocycles. The molecule has 0 bridgehead atoms. The molecule has 0 amide bonds. The summed E-state index contributed by atoms with van der Waals surface area (Å²) in [4.78, 5) is 0. The highest BCUT2D eigenvalue weighted by atomic mass is 16.5. The SMILES string of the molecule is CNCC(c1ccc(C)cc1)C(C)COC. The third kappa shape index (κ3) is 3.62. The molecule has 0 aromatic heterocycles. The van der Waals surface area contributed by atoms with E-state index in [1.165, 1.54) is 11.1 Å². The van der Waals surface area contributed by atoms with Gasteiger partial charge in [-0.1, -0.05) is 36.8 Å². The van der Waals surface area contributed by atoms with Crippen LogP contribution in [-0.4, -0.2) is 27.3 Å². The smallest absolute Gasteiger partial charge is 0.0494 e. The Bertz CT molecular complexity index is 294. The van der Waals surface area contributed by atoms with Crippen LogP contribution in [0.2, 0.25) is 0 Å². The molecule has 16 heavy (non-hydrogen) atoms. The van der Waals surface area contributed by atoms with Gasteiger partial charge in [-0.15, -0.1) is 0 Å². The molecule has 2 nitrogen and oxygen atoms in total. The second-order valence-corrected chi connectivity index (χ2v) is 4.51. The molecule has 90 valence electrons. The molecule has 2 heteroatoms. The van der Waals surface area contributed by atoms with Crippen LogP contribution >= 0.6 is 0 Å². The second-order valence-electron chi connectivity index (χ2n) is 4.51. The van der Waals surface area contributed by atoms with E-state index >= 15 is 0 Å². The van der Waals surface area contributed by atoms with Crippen molar-refractivity contribution in [1.82, 2.24) is 5.32 Å². The van der Waals surface area contributed by atoms with E-state index in [2.05, 4.69) is 43.4 Å². The fourth-order valence-electron chi connectivity index (χ4n) is 2.06. The maximum Gasteiger partial charge on any atom is 0.0494 e. The van der Waals surface area contributed by atoms with Gasteiger partial charge in [-0.25, -0.2) is 0 Å². The van der Waals surface area contributed by atoms with Crippen molar-refractivity contribution in [2.45, 2.75) is 19.8 Å². The summed E-state index contributed by atoms with van der Waals surface area (Å²) >= 11 is 0. The third-order valence-corrected chi connectivity index (χ3v) is 3.05. The molecule has 0 saturated carbocycles. The number of nitrogens with one attached hydrogen (secondary N) is 1. The predicted octanol–water partition coefficient (Wildman–Crippen LogP) is 2.58. The number of benzene rings is 1. The Kier molecular flexibility index (Phi) is 5.50. The van der Waals surface area contributed by atoms with Crippen molar-refractivity contribution in [3.63, 3.8) is 0 Å². The molecule has 1 aromatic carbocycles. The van der Waals surface area contributed by atoms with Crippen LogP contribution in [-0.2, 0) is 4.74 Å². The Morgan fingerprint density at radius 1 is 1.25 bits per heavy atom. The van der Waals surface area contributed by atoms with Gasteiger partial charge in [0.15, 0.2) is 0 Å². The maximum absolute atomic E-state index is 5.25. The molecule has 0 aliphatic heterocycles. The van der Waals surface area contributed by atoms with E-state index in [4.69, 9.17) is 4.74 Å². The molecule has 1 rings (SSSR count). The zero-order valence-corrected chi connectivity index (χ0v) is 10.8. The summed E-state index contributed by atoms with van der Waals surface area (Å²) in [6.45, 7) is 6.16. The van der Waals surface area contributed by atoms with E-state index in [0.29, 0.717) is 11.8 Å². The van der Waals surface area contributed by atoms with Gasteiger partial charge < -0.3 is 10.1 Å². The van der Waals surface area contributed by atoms with Crippen molar-refractivity contribution >= 4 is 0 Å². The number of ether oxygens (including phenoxy) is 1. The lowest BCUT2D eigenvalue weighted by molar-refractivity contribution is 0.146. The zero-order valence-electron chi connectivity index (χ0n) is 10.8. The summed E-state index contributed by atoms with van der Waals surface area (Å²) in [5.41, 5.74) is 2.70. The van der Waals surface area contributed by atoms with Crippen LogP contribution in [0.15, 0.2) is 24.3 Å². The second kappa shape index (κ2) is 6.66. The van der Waals surface area contributed by atoms with Crippen LogP contribution in [0.1, 0.15) is 24.0 Å². The molecular weight excluding hydrogens is 198 g/mol. The minimum absolute atomic E-state index is 0.519. The summed E-state index contributed by atoms with van der Waals surface area (Å²) in [7, 11) is 3.77. The molecule has 0 aliphatic rings. The molecule has 0 heterocycles. The average Bonchev–Trinajstić information content (AvgIpc) is 2.28. The zero-order chi connectivity index (χ0) is 12.0. The molecular formula is C14H23NO. The van der Waals surface area contributed by atoms with E-state index < -0.39 is 0 Å². The van der Waals surface area contributed by atoms with Crippen molar-refractivity contribution in [2.75, 3.05) is 27.3 Å². The predicted molar refractivity (Wildman–Crippen MR) is 68.9 cm³/mol. The normalized spacial score (nSPS) is 14.8. The Balaban J connectivity index is 2.79. The lowest BCUT2D eigenvalue weighted by atomic mass is 9.87.